The molecule has 1 aliphatic heterocycles. The lowest BCUT2D eigenvalue weighted by Gasteiger charge is -2.32. The highest BCUT2D eigenvalue weighted by atomic mass is 32.1. The van der Waals surface area contributed by atoms with Crippen LogP contribution in [0.3, 0.4) is 0 Å². The second-order valence-electron chi connectivity index (χ2n) is 7.77. The Morgan fingerprint density at radius 2 is 2.14 bits per heavy atom. The molecule has 0 spiro atoms. The van der Waals surface area contributed by atoms with Crippen LogP contribution in [0.2, 0.25) is 0 Å². The van der Waals surface area contributed by atoms with Gasteiger partial charge in [-0.15, -0.1) is 11.3 Å². The molecule has 0 aromatic carbocycles. The molecule has 3 rings (SSSR count). The molecule has 1 aromatic rings. The number of hydrogen-bond donors (Lipinski definition) is 1. The largest absolute Gasteiger partial charge is 0.480 e. The molecule has 0 radical (unpaired) electrons. The van der Waals surface area contributed by atoms with E-state index in [0.717, 1.165) is 23.5 Å². The highest BCUT2D eigenvalue weighted by Gasteiger charge is 2.45. The second-order valence-corrected chi connectivity index (χ2v) is 8.63. The zero-order valence-electron chi connectivity index (χ0n) is 13.7. The molecule has 122 valence electrons. The molecule has 0 bridgehead atoms. The molecule has 1 N–H and O–H groups in total. The minimum absolute atomic E-state index is 0.0630. The molecule has 5 heteroatoms. The monoisotopic (exact) mass is 322 g/mol. The topological polar surface area (TPSA) is 53.4 Å². The van der Waals surface area contributed by atoms with E-state index in [-0.39, 0.29) is 11.5 Å². The van der Waals surface area contributed by atoms with Crippen molar-refractivity contribution in [2.75, 3.05) is 0 Å². The summed E-state index contributed by atoms with van der Waals surface area (Å²) in [7, 11) is 0. The van der Waals surface area contributed by atoms with E-state index in [1.807, 2.05) is 0 Å². The van der Waals surface area contributed by atoms with Gasteiger partial charge in [-0.25, -0.2) is 4.98 Å². The highest BCUT2D eigenvalue weighted by Crippen LogP contribution is 2.40. The molecule has 2 fully saturated rings. The Kier molecular flexibility index (Phi) is 4.29. The Morgan fingerprint density at radius 3 is 2.77 bits per heavy atom. The van der Waals surface area contributed by atoms with Gasteiger partial charge < -0.3 is 5.11 Å². The summed E-state index contributed by atoms with van der Waals surface area (Å²) in [6.45, 7) is 7.19. The fraction of sp³-hybridized carbons (Fsp3) is 0.765. The molecule has 2 aliphatic rings. The zero-order chi connectivity index (χ0) is 15.9. The zero-order valence-corrected chi connectivity index (χ0v) is 14.5. The molecule has 1 saturated heterocycles. The predicted octanol–water partition coefficient (Wildman–Crippen LogP) is 3.66. The van der Waals surface area contributed by atoms with Crippen LogP contribution in [-0.2, 0) is 16.8 Å². The first-order valence-corrected chi connectivity index (χ1v) is 9.17. The van der Waals surface area contributed by atoms with Crippen molar-refractivity contribution in [1.29, 1.82) is 0 Å². The van der Waals surface area contributed by atoms with Crippen molar-refractivity contribution < 1.29 is 9.90 Å². The maximum atomic E-state index is 11.7. The highest BCUT2D eigenvalue weighted by molar-refractivity contribution is 7.09. The number of aromatic nitrogens is 1. The number of hydrogen-bond acceptors (Lipinski definition) is 4. The average molecular weight is 322 g/mol. The quantitative estimate of drug-likeness (QED) is 0.923. The van der Waals surface area contributed by atoms with Crippen molar-refractivity contribution >= 4 is 17.3 Å². The summed E-state index contributed by atoms with van der Waals surface area (Å²) in [6.07, 6.45) is 5.64. The second kappa shape index (κ2) is 5.93. The van der Waals surface area contributed by atoms with Crippen LogP contribution in [0.15, 0.2) is 5.38 Å². The van der Waals surface area contributed by atoms with Crippen molar-refractivity contribution in [3.8, 4) is 0 Å². The Hall–Kier alpha value is -0.940. The van der Waals surface area contributed by atoms with Gasteiger partial charge in [0.15, 0.2) is 0 Å². The summed E-state index contributed by atoms with van der Waals surface area (Å²) < 4.78 is 0. The third-order valence-electron chi connectivity index (χ3n) is 5.04. The lowest BCUT2D eigenvalue weighted by molar-refractivity contribution is -0.142. The van der Waals surface area contributed by atoms with Crippen molar-refractivity contribution in [2.24, 2.45) is 5.92 Å². The average Bonchev–Trinajstić information content (AvgIpc) is 3.04. The first-order valence-electron chi connectivity index (χ1n) is 8.29. The molecule has 4 nitrogen and oxygen atoms in total. The number of fused-ring (bicyclic) bond motifs is 1. The SMILES string of the molecule is CC(C)(C)c1nc(CN2[C@@H]3CCCC[C@H]3C[C@H]2C(=O)O)cs1. The van der Waals surface area contributed by atoms with Gasteiger partial charge in [0, 0.05) is 23.4 Å². The third-order valence-corrected chi connectivity index (χ3v) is 6.36. The van der Waals surface area contributed by atoms with Crippen molar-refractivity contribution in [2.45, 2.75) is 76.9 Å². The van der Waals surface area contributed by atoms with Gasteiger partial charge in [0.2, 0.25) is 0 Å². The van der Waals surface area contributed by atoms with Gasteiger partial charge in [0.25, 0.3) is 0 Å². The van der Waals surface area contributed by atoms with Crippen LogP contribution in [0.25, 0.3) is 0 Å². The molecule has 22 heavy (non-hydrogen) atoms. The number of aliphatic carboxylic acids is 1. The molecule has 0 unspecified atom stereocenters. The number of carbonyl (C=O) groups is 1. The van der Waals surface area contributed by atoms with Gasteiger partial charge in [-0.3, -0.25) is 9.69 Å². The number of nitrogens with zero attached hydrogens (tertiary/aromatic N) is 2. The smallest absolute Gasteiger partial charge is 0.320 e. The van der Waals surface area contributed by atoms with Gasteiger partial charge in [-0.05, 0) is 25.2 Å². The van der Waals surface area contributed by atoms with Crippen LogP contribution in [0.1, 0.15) is 63.6 Å². The molecule has 2 heterocycles. The van der Waals surface area contributed by atoms with E-state index in [9.17, 15) is 9.90 Å². The van der Waals surface area contributed by atoms with Crippen molar-refractivity contribution in [3.05, 3.63) is 16.1 Å². The first-order chi connectivity index (χ1) is 10.4. The molecular weight excluding hydrogens is 296 g/mol. The van der Waals surface area contributed by atoms with E-state index in [0.29, 0.717) is 18.5 Å². The molecule has 1 saturated carbocycles. The third kappa shape index (κ3) is 3.06. The fourth-order valence-electron chi connectivity index (χ4n) is 3.93. The molecule has 1 aromatic heterocycles. The Bertz CT molecular complexity index is 549. The van der Waals surface area contributed by atoms with Crippen LogP contribution in [-0.4, -0.2) is 33.0 Å². The van der Waals surface area contributed by atoms with E-state index in [1.54, 1.807) is 11.3 Å². The summed E-state index contributed by atoms with van der Waals surface area (Å²) in [5, 5.41) is 12.8. The van der Waals surface area contributed by atoms with Crippen molar-refractivity contribution in [1.82, 2.24) is 9.88 Å². The van der Waals surface area contributed by atoms with Gasteiger partial charge in [0.1, 0.15) is 6.04 Å². The standard InChI is InChI=1S/C17H26N2O2S/c1-17(2,3)16-18-12(10-22-16)9-19-13-7-5-4-6-11(13)8-14(19)15(20)21/h10-11,13-14H,4-9H2,1-3H3,(H,20,21)/t11-,13+,14-/m0/s1. The number of carboxylic acid groups (broad SMARTS) is 1. The maximum Gasteiger partial charge on any atom is 0.320 e. The molecule has 3 atom stereocenters. The lowest BCUT2D eigenvalue weighted by atomic mass is 9.85. The predicted molar refractivity (Wildman–Crippen MR) is 88.1 cm³/mol. The number of rotatable bonds is 3. The van der Waals surface area contributed by atoms with E-state index in [1.165, 1.54) is 19.3 Å². The van der Waals surface area contributed by atoms with E-state index >= 15 is 0 Å². The molecule has 0 amide bonds. The van der Waals surface area contributed by atoms with Crippen LogP contribution in [0.4, 0.5) is 0 Å². The number of thiazole rings is 1. The van der Waals surface area contributed by atoms with E-state index in [2.05, 4.69) is 31.1 Å². The normalized spacial score (nSPS) is 29.5. The lowest BCUT2D eigenvalue weighted by Crippen LogP contribution is -2.41. The van der Waals surface area contributed by atoms with Crippen molar-refractivity contribution in [3.63, 3.8) is 0 Å². The minimum atomic E-state index is -0.666. The number of carboxylic acids is 1. The Morgan fingerprint density at radius 1 is 1.41 bits per heavy atom. The van der Waals surface area contributed by atoms with Crippen LogP contribution in [0.5, 0.6) is 0 Å². The maximum absolute atomic E-state index is 11.7. The van der Waals surface area contributed by atoms with Crippen LogP contribution < -0.4 is 0 Å². The first kappa shape index (κ1) is 15.9. The Balaban J connectivity index is 1.79. The van der Waals surface area contributed by atoms with Crippen LogP contribution >= 0.6 is 11.3 Å². The van der Waals surface area contributed by atoms with Gasteiger partial charge in [-0.1, -0.05) is 33.6 Å². The number of likely N-dealkylation sites (tertiary alicyclic amines) is 1. The van der Waals surface area contributed by atoms with E-state index < -0.39 is 5.97 Å². The van der Waals surface area contributed by atoms with Gasteiger partial charge >= 0.3 is 5.97 Å². The minimum Gasteiger partial charge on any atom is -0.480 e. The van der Waals surface area contributed by atoms with Crippen LogP contribution in [0, 0.1) is 5.92 Å². The summed E-state index contributed by atoms with van der Waals surface area (Å²) in [5.74, 6) is -0.101. The summed E-state index contributed by atoms with van der Waals surface area (Å²) in [6, 6.07) is 0.113. The fourth-order valence-corrected chi connectivity index (χ4v) is 4.83. The van der Waals surface area contributed by atoms with Gasteiger partial charge in [-0.2, -0.15) is 0 Å². The van der Waals surface area contributed by atoms with Gasteiger partial charge in [0.05, 0.1) is 10.7 Å². The Labute approximate surface area is 136 Å². The van der Waals surface area contributed by atoms with E-state index in [4.69, 9.17) is 4.98 Å². The molecular formula is C17H26N2O2S. The summed E-state index contributed by atoms with van der Waals surface area (Å²) in [4.78, 5) is 18.6. The summed E-state index contributed by atoms with van der Waals surface area (Å²) >= 11 is 1.69. The molecule has 1 aliphatic carbocycles. The summed E-state index contributed by atoms with van der Waals surface area (Å²) in [5.41, 5.74) is 1.10.